The monoisotopic (exact) mass is 260 g/mol. The third-order valence-corrected chi connectivity index (χ3v) is 3.20. The van der Waals surface area contributed by atoms with Crippen molar-refractivity contribution in [1.29, 1.82) is 0 Å². The Labute approximate surface area is 113 Å². The first kappa shape index (κ1) is 13.6. The third kappa shape index (κ3) is 4.73. The molecule has 1 aliphatic carbocycles. The molecule has 0 saturated heterocycles. The molecule has 1 aromatic rings. The number of ether oxygens (including phenoxy) is 1. The topological polar surface area (TPSA) is 50.7 Å². The minimum Gasteiger partial charge on any atom is -0.484 e. The summed E-state index contributed by atoms with van der Waals surface area (Å²) < 4.78 is 5.35. The van der Waals surface area contributed by atoms with Gasteiger partial charge < -0.3 is 4.74 Å². The van der Waals surface area contributed by atoms with Crippen molar-refractivity contribution in [2.75, 3.05) is 6.61 Å². The number of hydrazone groups is 1. The molecule has 0 heterocycles. The Hall–Kier alpha value is -1.84. The molecule has 102 valence electrons. The Bertz CT molecular complexity index is 443. The molecule has 0 spiro atoms. The van der Waals surface area contributed by atoms with E-state index in [-0.39, 0.29) is 12.5 Å². The zero-order valence-corrected chi connectivity index (χ0v) is 11.3. The van der Waals surface area contributed by atoms with Gasteiger partial charge in [0.1, 0.15) is 5.75 Å². The van der Waals surface area contributed by atoms with E-state index in [0.717, 1.165) is 25.0 Å². The number of carbonyl (C=O) groups excluding carboxylic acids is 1. The summed E-state index contributed by atoms with van der Waals surface area (Å²) >= 11 is 0. The number of carbonyl (C=O) groups is 1. The lowest BCUT2D eigenvalue weighted by atomic mass is 9.89. The van der Waals surface area contributed by atoms with Gasteiger partial charge in [-0.3, -0.25) is 4.79 Å². The van der Waals surface area contributed by atoms with E-state index in [2.05, 4.69) is 17.5 Å². The highest BCUT2D eigenvalue weighted by Gasteiger charge is 2.14. The average Bonchev–Trinajstić information content (AvgIpc) is 2.44. The molecular formula is C15H20N2O2. The van der Waals surface area contributed by atoms with Gasteiger partial charge in [-0.05, 0) is 43.7 Å². The predicted molar refractivity (Wildman–Crippen MR) is 75.1 cm³/mol. The summed E-state index contributed by atoms with van der Waals surface area (Å²) in [6.07, 6.45) is 4.39. The normalized spacial score (nSPS) is 21.1. The van der Waals surface area contributed by atoms with E-state index >= 15 is 0 Å². The summed E-state index contributed by atoms with van der Waals surface area (Å²) in [6, 6.07) is 9.29. The highest BCUT2D eigenvalue weighted by Crippen LogP contribution is 2.20. The van der Waals surface area contributed by atoms with E-state index in [4.69, 9.17) is 4.74 Å². The molecule has 4 nitrogen and oxygen atoms in total. The van der Waals surface area contributed by atoms with Gasteiger partial charge in [-0.1, -0.05) is 25.1 Å². The second-order valence-corrected chi connectivity index (χ2v) is 5.02. The third-order valence-electron chi connectivity index (χ3n) is 3.20. The Morgan fingerprint density at radius 3 is 2.95 bits per heavy atom. The highest BCUT2D eigenvalue weighted by molar-refractivity contribution is 5.87. The first-order valence-electron chi connectivity index (χ1n) is 6.76. The fourth-order valence-electron chi connectivity index (χ4n) is 2.20. The fraction of sp³-hybridized carbons (Fsp3) is 0.467. The molecule has 0 aliphatic heterocycles. The number of amides is 1. The van der Waals surface area contributed by atoms with E-state index in [1.165, 1.54) is 6.42 Å². The van der Waals surface area contributed by atoms with Crippen molar-refractivity contribution in [1.82, 2.24) is 5.43 Å². The standard InChI is InChI=1S/C15H20N2O2/c1-12-6-5-7-13(10-12)16-17-15(18)11-19-14-8-3-2-4-9-14/h2-4,8-9,12H,5-7,10-11H2,1H3,(H,17,18)/b16-13+. The van der Waals surface area contributed by atoms with Crippen LogP contribution in [0.15, 0.2) is 35.4 Å². The average molecular weight is 260 g/mol. The second-order valence-electron chi connectivity index (χ2n) is 5.02. The van der Waals surface area contributed by atoms with Crippen LogP contribution in [-0.2, 0) is 4.79 Å². The summed E-state index contributed by atoms with van der Waals surface area (Å²) in [4.78, 5) is 11.6. The lowest BCUT2D eigenvalue weighted by molar-refractivity contribution is -0.123. The van der Waals surface area contributed by atoms with Crippen molar-refractivity contribution in [3.8, 4) is 5.75 Å². The van der Waals surface area contributed by atoms with Crippen LogP contribution in [0, 0.1) is 5.92 Å². The number of hydrogen-bond acceptors (Lipinski definition) is 3. The maximum absolute atomic E-state index is 11.6. The Morgan fingerprint density at radius 2 is 2.21 bits per heavy atom. The van der Waals surface area contributed by atoms with Gasteiger partial charge in [-0.15, -0.1) is 0 Å². The molecule has 2 rings (SSSR count). The summed E-state index contributed by atoms with van der Waals surface area (Å²) in [5.41, 5.74) is 3.66. The molecule has 1 aliphatic rings. The van der Waals surface area contributed by atoms with Crippen molar-refractivity contribution >= 4 is 11.6 Å². The summed E-state index contributed by atoms with van der Waals surface area (Å²) in [6.45, 7) is 2.21. The Kier molecular flexibility index (Phi) is 4.95. The van der Waals surface area contributed by atoms with Crippen LogP contribution in [0.4, 0.5) is 0 Å². The van der Waals surface area contributed by atoms with Crippen molar-refractivity contribution in [3.63, 3.8) is 0 Å². The molecule has 0 bridgehead atoms. The van der Waals surface area contributed by atoms with Gasteiger partial charge in [-0.2, -0.15) is 5.10 Å². The van der Waals surface area contributed by atoms with E-state index in [0.29, 0.717) is 11.7 Å². The van der Waals surface area contributed by atoms with Crippen LogP contribution in [-0.4, -0.2) is 18.2 Å². The van der Waals surface area contributed by atoms with Crippen LogP contribution in [0.2, 0.25) is 0 Å². The van der Waals surface area contributed by atoms with Gasteiger partial charge in [0, 0.05) is 5.71 Å². The van der Waals surface area contributed by atoms with Gasteiger partial charge in [0.05, 0.1) is 0 Å². The molecule has 1 fully saturated rings. The van der Waals surface area contributed by atoms with Gasteiger partial charge in [0.15, 0.2) is 6.61 Å². The number of benzene rings is 1. The van der Waals surface area contributed by atoms with E-state index in [1.807, 2.05) is 30.3 Å². The summed E-state index contributed by atoms with van der Waals surface area (Å²) in [7, 11) is 0. The van der Waals surface area contributed by atoms with Crippen molar-refractivity contribution < 1.29 is 9.53 Å². The van der Waals surface area contributed by atoms with E-state index < -0.39 is 0 Å². The molecule has 19 heavy (non-hydrogen) atoms. The Morgan fingerprint density at radius 1 is 1.42 bits per heavy atom. The maximum atomic E-state index is 11.6. The van der Waals surface area contributed by atoms with Crippen molar-refractivity contribution in [3.05, 3.63) is 30.3 Å². The molecule has 4 heteroatoms. The molecule has 1 N–H and O–H groups in total. The first-order valence-corrected chi connectivity index (χ1v) is 6.76. The molecule has 0 aromatic heterocycles. The van der Waals surface area contributed by atoms with Crippen LogP contribution in [0.25, 0.3) is 0 Å². The number of nitrogens with one attached hydrogen (secondary N) is 1. The minimum absolute atomic E-state index is 0.00362. The smallest absolute Gasteiger partial charge is 0.277 e. The fourth-order valence-corrected chi connectivity index (χ4v) is 2.20. The highest BCUT2D eigenvalue weighted by atomic mass is 16.5. The lowest BCUT2D eigenvalue weighted by Crippen LogP contribution is -2.26. The molecule has 1 amide bonds. The summed E-state index contributed by atoms with van der Waals surface area (Å²) in [5, 5.41) is 4.18. The minimum atomic E-state index is -0.213. The molecule has 1 atom stereocenters. The molecule has 0 radical (unpaired) electrons. The molecular weight excluding hydrogens is 240 g/mol. The molecule has 1 saturated carbocycles. The number of rotatable bonds is 4. The van der Waals surface area contributed by atoms with Crippen molar-refractivity contribution in [2.24, 2.45) is 11.0 Å². The SMILES string of the molecule is CC1CCC/C(=N\NC(=O)COc2ccccc2)C1. The van der Waals surface area contributed by atoms with E-state index in [1.54, 1.807) is 0 Å². The Balaban J connectivity index is 1.74. The van der Waals surface area contributed by atoms with Crippen LogP contribution in [0.1, 0.15) is 32.6 Å². The van der Waals surface area contributed by atoms with E-state index in [9.17, 15) is 4.79 Å². The van der Waals surface area contributed by atoms with Crippen LogP contribution in [0.5, 0.6) is 5.75 Å². The van der Waals surface area contributed by atoms with Gasteiger partial charge in [0.2, 0.25) is 0 Å². The first-order chi connectivity index (χ1) is 9.24. The quantitative estimate of drug-likeness (QED) is 0.846. The summed E-state index contributed by atoms with van der Waals surface area (Å²) in [5.74, 6) is 1.15. The molecule has 1 aromatic carbocycles. The van der Waals surface area contributed by atoms with Gasteiger partial charge >= 0.3 is 0 Å². The molecule has 1 unspecified atom stereocenters. The second kappa shape index (κ2) is 6.92. The maximum Gasteiger partial charge on any atom is 0.277 e. The lowest BCUT2D eigenvalue weighted by Gasteiger charge is -2.18. The van der Waals surface area contributed by atoms with Gasteiger partial charge in [0.25, 0.3) is 5.91 Å². The largest absolute Gasteiger partial charge is 0.484 e. The van der Waals surface area contributed by atoms with Crippen molar-refractivity contribution in [2.45, 2.75) is 32.6 Å². The van der Waals surface area contributed by atoms with Crippen LogP contribution >= 0.6 is 0 Å². The zero-order chi connectivity index (χ0) is 13.5. The van der Waals surface area contributed by atoms with Gasteiger partial charge in [-0.25, -0.2) is 5.43 Å². The zero-order valence-electron chi connectivity index (χ0n) is 11.3. The van der Waals surface area contributed by atoms with Crippen LogP contribution < -0.4 is 10.2 Å². The number of nitrogens with zero attached hydrogens (tertiary/aromatic N) is 1. The predicted octanol–water partition coefficient (Wildman–Crippen LogP) is 2.75. The number of hydrogen-bond donors (Lipinski definition) is 1. The number of para-hydroxylation sites is 1. The van der Waals surface area contributed by atoms with Crippen LogP contribution in [0.3, 0.4) is 0 Å².